The molecular weight excluding hydrogens is 352 g/mol. The van der Waals surface area contributed by atoms with Crippen LogP contribution in [0.25, 0.3) is 22.3 Å². The van der Waals surface area contributed by atoms with E-state index in [1.165, 1.54) is 0 Å². The average Bonchev–Trinajstić information content (AvgIpc) is 3.03. The lowest BCUT2D eigenvalue weighted by atomic mass is 10.1. The van der Waals surface area contributed by atoms with Crippen molar-refractivity contribution in [3.8, 4) is 11.4 Å². The number of fused-ring (bicyclic) bond motifs is 4. The van der Waals surface area contributed by atoms with Crippen molar-refractivity contribution in [2.45, 2.75) is 46.8 Å². The molecule has 1 atom stereocenters. The van der Waals surface area contributed by atoms with Crippen LogP contribution in [0.4, 0.5) is 0 Å². The fraction of sp³-hybridized carbons (Fsp3) is 0.348. The molecule has 28 heavy (non-hydrogen) atoms. The van der Waals surface area contributed by atoms with Gasteiger partial charge in [0.1, 0.15) is 6.61 Å². The predicted octanol–water partition coefficient (Wildman–Crippen LogP) is 4.21. The first kappa shape index (κ1) is 18.4. The molecule has 2 aromatic heterocycles. The molecule has 1 aliphatic heterocycles. The van der Waals surface area contributed by atoms with Crippen LogP contribution in [0.2, 0.25) is 0 Å². The van der Waals surface area contributed by atoms with E-state index in [1.54, 1.807) is 4.57 Å². The van der Waals surface area contributed by atoms with E-state index in [0.29, 0.717) is 18.5 Å². The van der Waals surface area contributed by atoms with E-state index in [-0.39, 0.29) is 24.1 Å². The quantitative estimate of drug-likeness (QED) is 0.490. The molecule has 0 saturated heterocycles. The van der Waals surface area contributed by atoms with Crippen molar-refractivity contribution in [1.29, 1.82) is 0 Å². The summed E-state index contributed by atoms with van der Waals surface area (Å²) in [6.45, 7) is 6.47. The SMILES string of the molecule is CCC(C)CC(=O)OCc1c(C)cc2n(c1=O)Cc1cc3ccccc3nc1-2. The molecule has 3 aromatic rings. The van der Waals surface area contributed by atoms with Gasteiger partial charge in [-0.25, -0.2) is 4.98 Å². The molecule has 5 heteroatoms. The maximum Gasteiger partial charge on any atom is 0.306 e. The number of nitrogens with zero attached hydrogens (tertiary/aromatic N) is 2. The van der Waals surface area contributed by atoms with Crippen molar-refractivity contribution in [1.82, 2.24) is 9.55 Å². The van der Waals surface area contributed by atoms with Crippen molar-refractivity contribution in [2.24, 2.45) is 5.92 Å². The van der Waals surface area contributed by atoms with Gasteiger partial charge in [-0.15, -0.1) is 0 Å². The maximum absolute atomic E-state index is 13.1. The van der Waals surface area contributed by atoms with Crippen LogP contribution >= 0.6 is 0 Å². The summed E-state index contributed by atoms with van der Waals surface area (Å²) in [5.74, 6) is 0.0271. The number of para-hydroxylation sites is 1. The number of pyridine rings is 2. The Labute approximate surface area is 164 Å². The summed E-state index contributed by atoms with van der Waals surface area (Å²) in [4.78, 5) is 29.9. The smallest absolute Gasteiger partial charge is 0.306 e. The highest BCUT2D eigenvalue weighted by Crippen LogP contribution is 2.32. The summed E-state index contributed by atoms with van der Waals surface area (Å²) < 4.78 is 7.13. The molecule has 144 valence electrons. The molecule has 0 amide bonds. The lowest BCUT2D eigenvalue weighted by Crippen LogP contribution is -2.25. The maximum atomic E-state index is 13.1. The second-order valence-electron chi connectivity index (χ2n) is 7.65. The van der Waals surface area contributed by atoms with E-state index in [1.807, 2.05) is 51.1 Å². The number of hydrogen-bond acceptors (Lipinski definition) is 4. The molecule has 1 aromatic carbocycles. The minimum atomic E-state index is -0.255. The molecule has 1 unspecified atom stereocenters. The Kier molecular flexibility index (Phi) is 4.75. The Balaban J connectivity index is 1.65. The van der Waals surface area contributed by atoms with Gasteiger partial charge in [-0.05, 0) is 36.6 Å². The molecule has 4 rings (SSSR count). The van der Waals surface area contributed by atoms with Crippen molar-refractivity contribution < 1.29 is 9.53 Å². The number of aryl methyl sites for hydroxylation is 1. The van der Waals surface area contributed by atoms with Gasteiger partial charge < -0.3 is 9.30 Å². The third-order valence-corrected chi connectivity index (χ3v) is 5.59. The summed E-state index contributed by atoms with van der Waals surface area (Å²) in [5, 5.41) is 1.07. The second kappa shape index (κ2) is 7.23. The van der Waals surface area contributed by atoms with Crippen molar-refractivity contribution >= 4 is 16.9 Å². The zero-order valence-corrected chi connectivity index (χ0v) is 16.5. The van der Waals surface area contributed by atoms with Crippen LogP contribution in [0.15, 0.2) is 41.2 Å². The normalized spacial score (nSPS) is 13.2. The Bertz CT molecular complexity index is 1130. The molecule has 0 saturated carbocycles. The number of aromatic nitrogens is 2. The van der Waals surface area contributed by atoms with Crippen LogP contribution in [0, 0.1) is 12.8 Å². The van der Waals surface area contributed by atoms with Gasteiger partial charge in [0.25, 0.3) is 5.56 Å². The Hall–Kier alpha value is -2.95. The minimum Gasteiger partial charge on any atom is -0.461 e. The van der Waals surface area contributed by atoms with Gasteiger partial charge in [-0.1, -0.05) is 38.5 Å². The van der Waals surface area contributed by atoms with Crippen LogP contribution in [-0.4, -0.2) is 15.5 Å². The monoisotopic (exact) mass is 376 g/mol. The van der Waals surface area contributed by atoms with Crippen LogP contribution < -0.4 is 5.56 Å². The topological polar surface area (TPSA) is 61.2 Å². The van der Waals surface area contributed by atoms with Gasteiger partial charge in [-0.3, -0.25) is 9.59 Å². The number of rotatable bonds is 5. The lowest BCUT2D eigenvalue weighted by molar-refractivity contribution is -0.146. The van der Waals surface area contributed by atoms with Gasteiger partial charge in [0.15, 0.2) is 0 Å². The third kappa shape index (κ3) is 3.21. The molecule has 0 fully saturated rings. The number of ether oxygens (including phenoxy) is 1. The Morgan fingerprint density at radius 1 is 1.29 bits per heavy atom. The molecule has 0 aliphatic carbocycles. The van der Waals surface area contributed by atoms with E-state index in [0.717, 1.165) is 39.8 Å². The third-order valence-electron chi connectivity index (χ3n) is 5.59. The van der Waals surface area contributed by atoms with Gasteiger partial charge in [-0.2, -0.15) is 0 Å². The van der Waals surface area contributed by atoms with E-state index in [2.05, 4.69) is 6.07 Å². The number of carbonyl (C=O) groups excluding carboxylic acids is 1. The molecule has 0 bridgehead atoms. The Morgan fingerprint density at radius 2 is 2.07 bits per heavy atom. The van der Waals surface area contributed by atoms with Crippen LogP contribution in [-0.2, 0) is 22.7 Å². The summed E-state index contributed by atoms with van der Waals surface area (Å²) in [5.41, 5.74) is 4.92. The fourth-order valence-electron chi connectivity index (χ4n) is 3.65. The van der Waals surface area contributed by atoms with Crippen molar-refractivity contribution in [3.63, 3.8) is 0 Å². The molecule has 0 radical (unpaired) electrons. The summed E-state index contributed by atoms with van der Waals surface area (Å²) in [6.07, 6.45) is 1.30. The number of carbonyl (C=O) groups is 1. The average molecular weight is 376 g/mol. The summed E-state index contributed by atoms with van der Waals surface area (Å²) in [7, 11) is 0. The lowest BCUT2D eigenvalue weighted by Gasteiger charge is -2.12. The first-order valence-electron chi connectivity index (χ1n) is 9.76. The highest BCUT2D eigenvalue weighted by atomic mass is 16.5. The fourth-order valence-corrected chi connectivity index (χ4v) is 3.65. The summed E-state index contributed by atoms with van der Waals surface area (Å²) >= 11 is 0. The van der Waals surface area contributed by atoms with Crippen molar-refractivity contribution in [2.75, 3.05) is 0 Å². The standard InChI is InChI=1S/C23H24N2O3/c1-4-14(2)9-21(26)28-13-18-15(3)10-20-22-17(12-25(20)23(18)27)11-16-7-5-6-8-19(16)24-22/h5-8,10-11,14H,4,9,12-13H2,1-3H3. The van der Waals surface area contributed by atoms with Crippen LogP contribution in [0.5, 0.6) is 0 Å². The molecule has 0 N–H and O–H groups in total. The number of esters is 1. The zero-order chi connectivity index (χ0) is 19.8. The first-order valence-corrected chi connectivity index (χ1v) is 9.76. The van der Waals surface area contributed by atoms with E-state index in [9.17, 15) is 9.59 Å². The van der Waals surface area contributed by atoms with Crippen LogP contribution in [0.3, 0.4) is 0 Å². The largest absolute Gasteiger partial charge is 0.461 e. The van der Waals surface area contributed by atoms with Crippen LogP contribution in [0.1, 0.15) is 43.4 Å². The van der Waals surface area contributed by atoms with E-state index < -0.39 is 0 Å². The predicted molar refractivity (Wildman–Crippen MR) is 109 cm³/mol. The van der Waals surface area contributed by atoms with Crippen molar-refractivity contribution in [3.05, 3.63) is 63.4 Å². The van der Waals surface area contributed by atoms with Gasteiger partial charge in [0.05, 0.1) is 29.0 Å². The molecule has 1 aliphatic rings. The Morgan fingerprint density at radius 3 is 2.86 bits per heavy atom. The van der Waals surface area contributed by atoms with Gasteiger partial charge in [0.2, 0.25) is 0 Å². The van der Waals surface area contributed by atoms with Gasteiger partial charge in [0, 0.05) is 17.4 Å². The zero-order valence-electron chi connectivity index (χ0n) is 16.5. The molecular formula is C23H24N2O3. The summed E-state index contributed by atoms with van der Waals surface area (Å²) in [6, 6.07) is 12.0. The van der Waals surface area contributed by atoms with E-state index >= 15 is 0 Å². The highest BCUT2D eigenvalue weighted by Gasteiger charge is 2.24. The number of hydrogen-bond donors (Lipinski definition) is 0. The molecule has 0 spiro atoms. The van der Waals surface area contributed by atoms with Gasteiger partial charge >= 0.3 is 5.97 Å². The second-order valence-corrected chi connectivity index (χ2v) is 7.65. The first-order chi connectivity index (χ1) is 13.5. The number of benzene rings is 1. The van der Waals surface area contributed by atoms with E-state index in [4.69, 9.17) is 9.72 Å². The molecule has 5 nitrogen and oxygen atoms in total. The minimum absolute atomic E-state index is 0.0198. The highest BCUT2D eigenvalue weighted by molar-refractivity contribution is 5.83. The molecule has 3 heterocycles.